The summed E-state index contributed by atoms with van der Waals surface area (Å²) in [4.78, 5) is 23.9. The summed E-state index contributed by atoms with van der Waals surface area (Å²) in [6.07, 6.45) is 2.20. The van der Waals surface area contributed by atoms with Gasteiger partial charge in [0.25, 0.3) is 0 Å². The first-order valence-corrected chi connectivity index (χ1v) is 7.57. The predicted molar refractivity (Wildman–Crippen MR) is 76.0 cm³/mol. The molecule has 7 heteroatoms. The van der Waals surface area contributed by atoms with E-state index in [1.54, 1.807) is 0 Å². The average molecular weight is 325 g/mol. The molecule has 1 aromatic rings. The Kier molecular flexibility index (Phi) is 3.95. The van der Waals surface area contributed by atoms with Crippen LogP contribution in [0.4, 0.5) is 8.78 Å². The molecule has 1 fully saturated rings. The number of carboxylic acid groups (broad SMARTS) is 1. The maximum absolute atomic E-state index is 13.6. The van der Waals surface area contributed by atoms with Crippen LogP contribution in [0.1, 0.15) is 31.2 Å². The molecule has 1 aliphatic carbocycles. The molecule has 3 rings (SSSR count). The molecule has 1 heterocycles. The number of amides is 1. The molecule has 5 nitrogen and oxygen atoms in total. The fourth-order valence-corrected chi connectivity index (χ4v) is 3.37. The third kappa shape index (κ3) is 2.75. The molecule has 2 aliphatic rings. The van der Waals surface area contributed by atoms with E-state index in [1.165, 1.54) is 6.07 Å². The number of fused-ring (bicyclic) bond motifs is 1. The van der Waals surface area contributed by atoms with Crippen molar-refractivity contribution in [3.63, 3.8) is 0 Å². The topological polar surface area (TPSA) is 75.6 Å². The van der Waals surface area contributed by atoms with Gasteiger partial charge < -0.3 is 15.2 Å². The average Bonchev–Trinajstić information content (AvgIpc) is 2.97. The van der Waals surface area contributed by atoms with Gasteiger partial charge in [0.05, 0.1) is 6.04 Å². The fraction of sp³-hybridized carbons (Fsp3) is 0.500. The lowest BCUT2D eigenvalue weighted by molar-refractivity contribution is -0.155. The van der Waals surface area contributed by atoms with Crippen LogP contribution in [0.25, 0.3) is 0 Å². The van der Waals surface area contributed by atoms with Crippen molar-refractivity contribution in [2.45, 2.75) is 38.1 Å². The summed E-state index contributed by atoms with van der Waals surface area (Å²) in [5.41, 5.74) is -1.07. The minimum absolute atomic E-state index is 0.00860. The van der Waals surface area contributed by atoms with E-state index in [0.29, 0.717) is 31.2 Å². The van der Waals surface area contributed by atoms with Crippen molar-refractivity contribution < 1.29 is 28.2 Å². The van der Waals surface area contributed by atoms with Crippen LogP contribution in [0.15, 0.2) is 12.1 Å². The summed E-state index contributed by atoms with van der Waals surface area (Å²) >= 11 is 0. The van der Waals surface area contributed by atoms with Gasteiger partial charge in [-0.1, -0.05) is 12.8 Å². The van der Waals surface area contributed by atoms with E-state index < -0.39 is 35.0 Å². The smallest absolute Gasteiger partial charge is 0.319 e. The standard InChI is InChI=1S/C16H17F2NO4/c17-10-5-9-6-11(8-23-13(9)12(18)7-10)19-14(20)16(15(21)22)3-1-2-4-16/h5,7,11H,1-4,6,8H2,(H,19,20)(H,21,22). The van der Waals surface area contributed by atoms with Crippen molar-refractivity contribution in [2.75, 3.05) is 6.61 Å². The molecule has 0 bridgehead atoms. The van der Waals surface area contributed by atoms with Gasteiger partial charge in [-0.15, -0.1) is 0 Å². The van der Waals surface area contributed by atoms with E-state index in [0.717, 1.165) is 6.07 Å². The number of benzene rings is 1. The number of carboxylic acids is 1. The molecule has 1 amide bonds. The van der Waals surface area contributed by atoms with E-state index in [1.807, 2.05) is 0 Å². The van der Waals surface area contributed by atoms with E-state index in [-0.39, 0.29) is 18.8 Å². The van der Waals surface area contributed by atoms with Gasteiger partial charge in [-0.25, -0.2) is 8.78 Å². The first-order chi connectivity index (χ1) is 10.9. The minimum Gasteiger partial charge on any atom is -0.488 e. The fourth-order valence-electron chi connectivity index (χ4n) is 3.37. The molecule has 23 heavy (non-hydrogen) atoms. The van der Waals surface area contributed by atoms with Crippen LogP contribution >= 0.6 is 0 Å². The van der Waals surface area contributed by atoms with E-state index in [2.05, 4.69) is 5.32 Å². The van der Waals surface area contributed by atoms with Crippen molar-refractivity contribution >= 4 is 11.9 Å². The van der Waals surface area contributed by atoms with Gasteiger partial charge in [-0.05, 0) is 25.3 Å². The lowest BCUT2D eigenvalue weighted by Gasteiger charge is -2.30. The van der Waals surface area contributed by atoms with E-state index in [4.69, 9.17) is 4.74 Å². The molecule has 0 radical (unpaired) electrons. The van der Waals surface area contributed by atoms with Gasteiger partial charge in [0.1, 0.15) is 17.8 Å². The number of aliphatic carboxylic acids is 1. The molecule has 0 aromatic heterocycles. The summed E-state index contributed by atoms with van der Waals surface area (Å²) in [5.74, 6) is -3.17. The van der Waals surface area contributed by atoms with Crippen LogP contribution in [0.2, 0.25) is 0 Å². The van der Waals surface area contributed by atoms with Crippen LogP contribution < -0.4 is 10.1 Å². The summed E-state index contributed by atoms with van der Waals surface area (Å²) in [6, 6.07) is 1.41. The summed E-state index contributed by atoms with van der Waals surface area (Å²) in [5, 5.41) is 12.1. The minimum atomic E-state index is -1.40. The van der Waals surface area contributed by atoms with Gasteiger partial charge >= 0.3 is 5.97 Å². The number of carbonyl (C=O) groups is 2. The number of hydrogen-bond acceptors (Lipinski definition) is 3. The highest BCUT2D eigenvalue weighted by molar-refractivity contribution is 6.02. The quantitative estimate of drug-likeness (QED) is 0.834. The zero-order valence-electron chi connectivity index (χ0n) is 12.4. The molecule has 1 atom stereocenters. The maximum Gasteiger partial charge on any atom is 0.319 e. The molecular formula is C16H17F2NO4. The highest BCUT2D eigenvalue weighted by Crippen LogP contribution is 2.39. The first kappa shape index (κ1) is 15.7. The first-order valence-electron chi connectivity index (χ1n) is 7.57. The highest BCUT2D eigenvalue weighted by atomic mass is 19.1. The van der Waals surface area contributed by atoms with Gasteiger partial charge in [0, 0.05) is 11.6 Å². The van der Waals surface area contributed by atoms with Crippen molar-refractivity contribution in [3.8, 4) is 5.75 Å². The molecule has 1 unspecified atom stereocenters. The monoisotopic (exact) mass is 325 g/mol. The molecular weight excluding hydrogens is 308 g/mol. The second-order valence-corrected chi connectivity index (χ2v) is 6.16. The Balaban J connectivity index is 1.74. The van der Waals surface area contributed by atoms with Crippen LogP contribution in [0.3, 0.4) is 0 Å². The Morgan fingerprint density at radius 2 is 1.96 bits per heavy atom. The third-order valence-corrected chi connectivity index (χ3v) is 4.62. The summed E-state index contributed by atoms with van der Waals surface area (Å²) < 4.78 is 32.2. The molecule has 0 spiro atoms. The lowest BCUT2D eigenvalue weighted by Crippen LogP contribution is -2.51. The molecule has 1 saturated carbocycles. The number of ether oxygens (including phenoxy) is 1. The zero-order chi connectivity index (χ0) is 16.6. The molecule has 124 valence electrons. The third-order valence-electron chi connectivity index (χ3n) is 4.62. The van der Waals surface area contributed by atoms with Crippen molar-refractivity contribution in [1.29, 1.82) is 0 Å². The van der Waals surface area contributed by atoms with Crippen LogP contribution in [0.5, 0.6) is 5.75 Å². The van der Waals surface area contributed by atoms with Crippen LogP contribution in [-0.4, -0.2) is 29.6 Å². The van der Waals surface area contributed by atoms with Crippen LogP contribution in [0, 0.1) is 17.0 Å². The normalized spacial score (nSPS) is 22.1. The summed E-state index contributed by atoms with van der Waals surface area (Å²) in [6.45, 7) is 0.0248. The Morgan fingerprint density at radius 1 is 1.26 bits per heavy atom. The second kappa shape index (κ2) is 5.79. The van der Waals surface area contributed by atoms with Gasteiger partial charge in [-0.3, -0.25) is 9.59 Å². The van der Waals surface area contributed by atoms with Crippen molar-refractivity contribution in [2.24, 2.45) is 5.41 Å². The van der Waals surface area contributed by atoms with Gasteiger partial charge in [-0.2, -0.15) is 0 Å². The van der Waals surface area contributed by atoms with E-state index in [9.17, 15) is 23.5 Å². The van der Waals surface area contributed by atoms with Crippen LogP contribution in [-0.2, 0) is 16.0 Å². The SMILES string of the molecule is O=C(O)C1(C(=O)NC2COc3c(F)cc(F)cc3C2)CCCC1. The molecule has 1 aliphatic heterocycles. The second-order valence-electron chi connectivity index (χ2n) is 6.16. The lowest BCUT2D eigenvalue weighted by atomic mass is 9.84. The Morgan fingerprint density at radius 3 is 2.61 bits per heavy atom. The predicted octanol–water partition coefficient (Wildman–Crippen LogP) is 2.03. The Bertz CT molecular complexity index is 656. The van der Waals surface area contributed by atoms with E-state index >= 15 is 0 Å². The molecule has 1 aromatic carbocycles. The number of hydrogen-bond donors (Lipinski definition) is 2. The molecule has 0 saturated heterocycles. The zero-order valence-corrected chi connectivity index (χ0v) is 12.4. The van der Waals surface area contributed by atoms with Gasteiger partial charge in [0.2, 0.25) is 5.91 Å². The summed E-state index contributed by atoms with van der Waals surface area (Å²) in [7, 11) is 0. The Hall–Kier alpha value is -2.18. The van der Waals surface area contributed by atoms with Crippen molar-refractivity contribution in [3.05, 3.63) is 29.3 Å². The molecule has 2 N–H and O–H groups in total. The maximum atomic E-state index is 13.6. The number of rotatable bonds is 3. The number of halogens is 2. The Labute approximate surface area is 131 Å². The number of nitrogens with one attached hydrogen (secondary N) is 1. The largest absolute Gasteiger partial charge is 0.488 e. The highest BCUT2D eigenvalue weighted by Gasteiger charge is 2.48. The number of carbonyl (C=O) groups excluding carboxylic acids is 1. The van der Waals surface area contributed by atoms with Crippen molar-refractivity contribution in [1.82, 2.24) is 5.32 Å². The van der Waals surface area contributed by atoms with Gasteiger partial charge in [0.15, 0.2) is 11.6 Å².